The van der Waals surface area contributed by atoms with Crippen LogP contribution >= 0.6 is 0 Å². The summed E-state index contributed by atoms with van der Waals surface area (Å²) in [5.41, 5.74) is 3.94. The van der Waals surface area contributed by atoms with Gasteiger partial charge < -0.3 is 15.7 Å². The Hall–Kier alpha value is -2.43. The van der Waals surface area contributed by atoms with E-state index in [2.05, 4.69) is 22.8 Å². The van der Waals surface area contributed by atoms with Crippen LogP contribution in [0.1, 0.15) is 0 Å². The van der Waals surface area contributed by atoms with Crippen LogP contribution in [0.25, 0.3) is 22.2 Å². The number of fused-ring (bicyclic) bond motifs is 1. The average molecular weight is 307 g/mol. The Labute approximate surface area is 136 Å². The van der Waals surface area contributed by atoms with Crippen molar-refractivity contribution in [1.82, 2.24) is 10.3 Å². The first-order valence-corrected chi connectivity index (χ1v) is 7.79. The Morgan fingerprint density at radius 1 is 1.00 bits per heavy atom. The summed E-state index contributed by atoms with van der Waals surface area (Å²) in [6.45, 7) is 1.05. The second-order valence-electron chi connectivity index (χ2n) is 5.53. The molecule has 23 heavy (non-hydrogen) atoms. The molecule has 0 amide bonds. The average Bonchev–Trinajstić information content (AvgIpc) is 2.60. The molecule has 3 rings (SSSR count). The summed E-state index contributed by atoms with van der Waals surface area (Å²) in [6, 6.07) is 20.2. The van der Waals surface area contributed by atoms with Gasteiger partial charge in [0, 0.05) is 29.7 Å². The minimum absolute atomic E-state index is 0.438. The van der Waals surface area contributed by atoms with E-state index in [1.54, 1.807) is 0 Å². The van der Waals surface area contributed by atoms with Gasteiger partial charge in [-0.2, -0.15) is 0 Å². The fourth-order valence-electron chi connectivity index (χ4n) is 2.61. The van der Waals surface area contributed by atoms with Gasteiger partial charge >= 0.3 is 0 Å². The molecule has 1 atom stereocenters. The predicted octanol–water partition coefficient (Wildman–Crippen LogP) is 2.89. The van der Waals surface area contributed by atoms with Crippen LogP contribution in [0.5, 0.6) is 0 Å². The topological polar surface area (TPSA) is 57.2 Å². The second kappa shape index (κ2) is 7.22. The number of aliphatic hydroxyl groups excluding tert-OH is 1. The molecule has 0 spiro atoms. The molecule has 0 saturated heterocycles. The van der Waals surface area contributed by atoms with Crippen LogP contribution < -0.4 is 10.6 Å². The minimum atomic E-state index is -0.438. The fraction of sp³-hybridized carbons (Fsp3) is 0.211. The van der Waals surface area contributed by atoms with Crippen molar-refractivity contribution >= 4 is 16.6 Å². The van der Waals surface area contributed by atoms with Crippen LogP contribution in [-0.2, 0) is 0 Å². The lowest BCUT2D eigenvalue weighted by molar-refractivity contribution is 0.187. The van der Waals surface area contributed by atoms with Crippen LogP contribution in [-0.4, -0.2) is 36.3 Å². The molecular formula is C19H21N3O. The molecule has 4 heteroatoms. The summed E-state index contributed by atoms with van der Waals surface area (Å²) in [7, 11) is 1.83. The molecule has 0 aliphatic heterocycles. The van der Waals surface area contributed by atoms with Gasteiger partial charge in [-0.25, -0.2) is 4.98 Å². The van der Waals surface area contributed by atoms with Gasteiger partial charge in [0.15, 0.2) is 0 Å². The molecule has 1 heterocycles. The quantitative estimate of drug-likeness (QED) is 0.655. The highest BCUT2D eigenvalue weighted by Gasteiger charge is 2.09. The number of anilines is 1. The lowest BCUT2D eigenvalue weighted by atomic mass is 10.1. The monoisotopic (exact) mass is 307 g/mol. The normalized spacial score (nSPS) is 12.3. The maximum absolute atomic E-state index is 9.93. The molecule has 3 aromatic rings. The van der Waals surface area contributed by atoms with Gasteiger partial charge in [-0.15, -0.1) is 0 Å². The lowest BCUT2D eigenvalue weighted by Gasteiger charge is -2.15. The SMILES string of the molecule is CNC[C@H](O)CNc1cc(-c2ccccc2)nc2ccccc12. The number of nitrogens with one attached hydrogen (secondary N) is 2. The smallest absolute Gasteiger partial charge is 0.0836 e. The molecular weight excluding hydrogens is 286 g/mol. The van der Waals surface area contributed by atoms with Gasteiger partial charge in [0.25, 0.3) is 0 Å². The number of nitrogens with zero attached hydrogens (tertiary/aromatic N) is 1. The standard InChI is InChI=1S/C19H21N3O/c1-20-12-15(23)13-21-19-11-18(14-7-3-2-4-8-14)22-17-10-6-5-9-16(17)19/h2-11,15,20,23H,12-13H2,1H3,(H,21,22)/t15-/m0/s1. The molecule has 0 bridgehead atoms. The summed E-state index contributed by atoms with van der Waals surface area (Å²) in [5, 5.41) is 17.3. The third-order valence-corrected chi connectivity index (χ3v) is 3.75. The van der Waals surface area contributed by atoms with E-state index >= 15 is 0 Å². The van der Waals surface area contributed by atoms with E-state index in [9.17, 15) is 5.11 Å². The maximum atomic E-state index is 9.93. The third kappa shape index (κ3) is 3.67. The number of hydrogen-bond donors (Lipinski definition) is 3. The first kappa shape index (κ1) is 15.5. The summed E-state index contributed by atoms with van der Waals surface area (Å²) in [4.78, 5) is 4.75. The molecule has 0 aliphatic rings. The number of aromatic nitrogens is 1. The van der Waals surface area contributed by atoms with Crippen molar-refractivity contribution in [2.75, 3.05) is 25.5 Å². The van der Waals surface area contributed by atoms with E-state index in [0.717, 1.165) is 27.8 Å². The summed E-state index contributed by atoms with van der Waals surface area (Å²) in [5.74, 6) is 0. The van der Waals surface area contributed by atoms with Crippen molar-refractivity contribution in [3.05, 3.63) is 60.7 Å². The van der Waals surface area contributed by atoms with E-state index in [1.807, 2.05) is 55.6 Å². The van der Waals surface area contributed by atoms with E-state index in [1.165, 1.54) is 0 Å². The van der Waals surface area contributed by atoms with Gasteiger partial charge in [0.2, 0.25) is 0 Å². The van der Waals surface area contributed by atoms with Crippen LogP contribution in [0.2, 0.25) is 0 Å². The molecule has 0 radical (unpaired) electrons. The molecule has 0 unspecified atom stereocenters. The van der Waals surface area contributed by atoms with Crippen LogP contribution in [0, 0.1) is 0 Å². The highest BCUT2D eigenvalue weighted by atomic mass is 16.3. The van der Waals surface area contributed by atoms with Crippen LogP contribution in [0.3, 0.4) is 0 Å². The van der Waals surface area contributed by atoms with Gasteiger partial charge in [0.1, 0.15) is 0 Å². The minimum Gasteiger partial charge on any atom is -0.390 e. The van der Waals surface area contributed by atoms with Crippen molar-refractivity contribution in [2.24, 2.45) is 0 Å². The van der Waals surface area contributed by atoms with Gasteiger partial charge in [-0.05, 0) is 19.2 Å². The molecule has 1 aromatic heterocycles. The number of rotatable bonds is 6. The summed E-state index contributed by atoms with van der Waals surface area (Å²) < 4.78 is 0. The van der Waals surface area contributed by atoms with Gasteiger partial charge in [-0.3, -0.25) is 0 Å². The highest BCUT2D eigenvalue weighted by Crippen LogP contribution is 2.28. The van der Waals surface area contributed by atoms with E-state index < -0.39 is 6.10 Å². The Morgan fingerprint density at radius 3 is 2.52 bits per heavy atom. The van der Waals surface area contributed by atoms with Crippen LogP contribution in [0.15, 0.2) is 60.7 Å². The highest BCUT2D eigenvalue weighted by molar-refractivity contribution is 5.93. The maximum Gasteiger partial charge on any atom is 0.0836 e. The third-order valence-electron chi connectivity index (χ3n) is 3.75. The van der Waals surface area contributed by atoms with E-state index in [0.29, 0.717) is 13.1 Å². The second-order valence-corrected chi connectivity index (χ2v) is 5.53. The summed E-state index contributed by atoms with van der Waals surface area (Å²) in [6.07, 6.45) is -0.438. The zero-order chi connectivity index (χ0) is 16.1. The van der Waals surface area contributed by atoms with Crippen LogP contribution in [0.4, 0.5) is 5.69 Å². The number of benzene rings is 2. The number of para-hydroxylation sites is 1. The molecule has 0 fully saturated rings. The Bertz CT molecular complexity index is 774. The van der Waals surface area contributed by atoms with Crippen molar-refractivity contribution in [2.45, 2.75) is 6.10 Å². The van der Waals surface area contributed by atoms with Crippen molar-refractivity contribution in [3.8, 4) is 11.3 Å². The number of hydrogen-bond acceptors (Lipinski definition) is 4. The van der Waals surface area contributed by atoms with Crippen molar-refractivity contribution < 1.29 is 5.11 Å². The van der Waals surface area contributed by atoms with Gasteiger partial charge in [-0.1, -0.05) is 48.5 Å². The Morgan fingerprint density at radius 2 is 1.74 bits per heavy atom. The van der Waals surface area contributed by atoms with E-state index in [-0.39, 0.29) is 0 Å². The molecule has 0 aliphatic carbocycles. The zero-order valence-electron chi connectivity index (χ0n) is 13.2. The summed E-state index contributed by atoms with van der Waals surface area (Å²) >= 11 is 0. The lowest BCUT2D eigenvalue weighted by Crippen LogP contribution is -2.30. The predicted molar refractivity (Wildman–Crippen MR) is 95.6 cm³/mol. The number of likely N-dealkylation sites (N-methyl/N-ethyl adjacent to an activating group) is 1. The molecule has 2 aromatic carbocycles. The first-order chi connectivity index (χ1) is 11.3. The molecule has 118 valence electrons. The van der Waals surface area contributed by atoms with E-state index in [4.69, 9.17) is 4.98 Å². The molecule has 0 saturated carbocycles. The van der Waals surface area contributed by atoms with Crippen molar-refractivity contribution in [3.63, 3.8) is 0 Å². The van der Waals surface area contributed by atoms with Crippen molar-refractivity contribution in [1.29, 1.82) is 0 Å². The number of pyridine rings is 1. The fourth-order valence-corrected chi connectivity index (χ4v) is 2.61. The largest absolute Gasteiger partial charge is 0.390 e. The Balaban J connectivity index is 1.97. The van der Waals surface area contributed by atoms with Gasteiger partial charge in [0.05, 0.1) is 17.3 Å². The zero-order valence-corrected chi connectivity index (χ0v) is 13.2. The Kier molecular flexibility index (Phi) is 4.86. The number of aliphatic hydroxyl groups is 1. The first-order valence-electron chi connectivity index (χ1n) is 7.79. The molecule has 4 nitrogen and oxygen atoms in total. The molecule has 3 N–H and O–H groups in total.